The Kier molecular flexibility index (Phi) is 1.20. The lowest BCUT2D eigenvalue weighted by Gasteiger charge is -2.00. The molecule has 3 nitrogen and oxygen atoms in total. The van der Waals surface area contributed by atoms with E-state index in [0.717, 1.165) is 0 Å². The number of rotatable bonds is 0. The lowest BCUT2D eigenvalue weighted by atomic mass is 10.2. The van der Waals surface area contributed by atoms with Gasteiger partial charge < -0.3 is 10.2 Å². The van der Waals surface area contributed by atoms with Crippen LogP contribution in [0.5, 0.6) is 0 Å². The number of nitrogens with zero attached hydrogens (tertiary/aromatic N) is 1. The second kappa shape index (κ2) is 1.86. The van der Waals surface area contributed by atoms with Crippen LogP contribution < -0.4 is 0 Å². The summed E-state index contributed by atoms with van der Waals surface area (Å²) in [5.41, 5.74) is 0. The van der Waals surface area contributed by atoms with Crippen molar-refractivity contribution in [3.05, 3.63) is 12.0 Å². The van der Waals surface area contributed by atoms with Gasteiger partial charge in [-0.1, -0.05) is 0 Å². The van der Waals surface area contributed by atoms with Crippen molar-refractivity contribution in [2.45, 2.75) is 12.8 Å². The Morgan fingerprint density at radius 1 is 1.50 bits per heavy atom. The summed E-state index contributed by atoms with van der Waals surface area (Å²) >= 11 is 0. The lowest BCUT2D eigenvalue weighted by Crippen LogP contribution is -2.00. The van der Waals surface area contributed by atoms with E-state index in [1.54, 1.807) is 6.08 Å². The Balaban J connectivity index is 2.69. The minimum absolute atomic E-state index is 0.0185. The highest BCUT2D eigenvalue weighted by atomic mass is 16.3. The third-order valence-corrected chi connectivity index (χ3v) is 0.938. The zero-order valence-electron chi connectivity index (χ0n) is 4.33. The van der Waals surface area contributed by atoms with Crippen molar-refractivity contribution in [3.63, 3.8) is 0 Å². The van der Waals surface area contributed by atoms with Crippen LogP contribution >= 0.6 is 0 Å². The molecule has 3 heteroatoms. The number of aliphatic hydroxyl groups is 2. The molecule has 0 aromatic carbocycles. The Hall–Kier alpha value is -0.990. The molecule has 0 saturated carbocycles. The summed E-state index contributed by atoms with van der Waals surface area (Å²) in [5, 5.41) is 17.2. The topological polar surface area (TPSA) is 52.8 Å². The van der Waals surface area contributed by atoms with E-state index in [4.69, 9.17) is 10.2 Å². The van der Waals surface area contributed by atoms with Gasteiger partial charge in [-0.05, 0) is 12.5 Å². The van der Waals surface area contributed by atoms with Crippen molar-refractivity contribution < 1.29 is 10.2 Å². The van der Waals surface area contributed by atoms with Gasteiger partial charge in [-0.15, -0.1) is 0 Å². The van der Waals surface area contributed by atoms with E-state index in [2.05, 4.69) is 4.99 Å². The first kappa shape index (κ1) is 5.15. The summed E-state index contributed by atoms with van der Waals surface area (Å²) < 4.78 is 0. The van der Waals surface area contributed by atoms with Crippen molar-refractivity contribution in [1.82, 2.24) is 0 Å². The predicted molar refractivity (Wildman–Crippen MR) is 30.0 cm³/mol. The maximum absolute atomic E-state index is 8.63. The van der Waals surface area contributed by atoms with Crippen molar-refractivity contribution in [1.29, 1.82) is 0 Å². The first-order chi connectivity index (χ1) is 3.79. The van der Waals surface area contributed by atoms with Crippen molar-refractivity contribution in [2.75, 3.05) is 0 Å². The molecule has 44 valence electrons. The number of aliphatic imine (C=N–C) groups is 1. The SMILES string of the molecule is OC1=CCCC(O)=N1. The molecule has 2 N–H and O–H groups in total. The second-order valence-corrected chi connectivity index (χ2v) is 1.63. The fraction of sp³-hybridized carbons (Fsp3) is 0.400. The third kappa shape index (κ3) is 0.992. The van der Waals surface area contributed by atoms with Crippen LogP contribution in [-0.4, -0.2) is 16.1 Å². The largest absolute Gasteiger partial charge is 0.496 e. The first-order valence-corrected chi connectivity index (χ1v) is 2.44. The Morgan fingerprint density at radius 2 is 2.25 bits per heavy atom. The summed E-state index contributed by atoms with van der Waals surface area (Å²) in [5.74, 6) is -0.0567. The highest BCUT2D eigenvalue weighted by molar-refractivity contribution is 5.75. The zero-order valence-corrected chi connectivity index (χ0v) is 4.33. The van der Waals surface area contributed by atoms with Gasteiger partial charge in [0.1, 0.15) is 0 Å². The Bertz CT molecular complexity index is 149. The fourth-order valence-corrected chi connectivity index (χ4v) is 0.564. The summed E-state index contributed by atoms with van der Waals surface area (Å²) in [7, 11) is 0. The quantitative estimate of drug-likeness (QED) is 0.494. The molecule has 8 heavy (non-hydrogen) atoms. The maximum atomic E-state index is 8.63. The molecule has 0 saturated heterocycles. The minimum Gasteiger partial charge on any atom is -0.496 e. The predicted octanol–water partition coefficient (Wildman–Crippen LogP) is 1.14. The molecule has 1 heterocycles. The van der Waals surface area contributed by atoms with E-state index in [1.807, 2.05) is 0 Å². The fourth-order valence-electron chi connectivity index (χ4n) is 0.564. The van der Waals surface area contributed by atoms with Crippen molar-refractivity contribution in [3.8, 4) is 0 Å². The summed E-state index contributed by atoms with van der Waals surface area (Å²) in [6, 6.07) is 0. The highest BCUT2D eigenvalue weighted by Gasteiger charge is 2.01. The standard InChI is InChI=1S/C5H7NO2/c7-4-2-1-3-5(8)6-4/h2,7H,1,3H2,(H,6,8). The smallest absolute Gasteiger partial charge is 0.209 e. The minimum atomic E-state index is -0.0752. The normalized spacial score (nSPS) is 19.5. The summed E-state index contributed by atoms with van der Waals surface area (Å²) in [6.07, 6.45) is 2.80. The van der Waals surface area contributed by atoms with Crippen LogP contribution in [0.25, 0.3) is 0 Å². The molecule has 1 aliphatic heterocycles. The number of hydrogen-bond donors (Lipinski definition) is 2. The number of aliphatic hydroxyl groups excluding tert-OH is 2. The molecule has 0 aliphatic carbocycles. The molecule has 0 amide bonds. The summed E-state index contributed by atoms with van der Waals surface area (Å²) in [4.78, 5) is 3.37. The van der Waals surface area contributed by atoms with Crippen LogP contribution in [0.1, 0.15) is 12.8 Å². The van der Waals surface area contributed by atoms with Gasteiger partial charge in [0.05, 0.1) is 0 Å². The average Bonchev–Trinajstić information content (AvgIpc) is 1.64. The monoisotopic (exact) mass is 113 g/mol. The molecule has 0 atom stereocenters. The molecule has 0 bridgehead atoms. The maximum Gasteiger partial charge on any atom is 0.209 e. The van der Waals surface area contributed by atoms with Gasteiger partial charge in [-0.2, -0.15) is 4.99 Å². The van der Waals surface area contributed by atoms with Crippen LogP contribution in [0.4, 0.5) is 0 Å². The Labute approximate surface area is 47.0 Å². The molecule has 0 spiro atoms. The highest BCUT2D eigenvalue weighted by Crippen LogP contribution is 2.05. The second-order valence-electron chi connectivity index (χ2n) is 1.63. The molecule has 1 rings (SSSR count). The lowest BCUT2D eigenvalue weighted by molar-refractivity contribution is 0.391. The third-order valence-electron chi connectivity index (χ3n) is 0.938. The number of hydrogen-bond acceptors (Lipinski definition) is 2. The van der Waals surface area contributed by atoms with Gasteiger partial charge in [-0.25, -0.2) is 0 Å². The van der Waals surface area contributed by atoms with Crippen LogP contribution in [0.3, 0.4) is 0 Å². The van der Waals surface area contributed by atoms with Crippen LogP contribution in [0.2, 0.25) is 0 Å². The van der Waals surface area contributed by atoms with Crippen molar-refractivity contribution >= 4 is 5.90 Å². The Morgan fingerprint density at radius 3 is 2.62 bits per heavy atom. The average molecular weight is 113 g/mol. The van der Waals surface area contributed by atoms with Gasteiger partial charge in [0.25, 0.3) is 0 Å². The van der Waals surface area contributed by atoms with Crippen LogP contribution in [-0.2, 0) is 0 Å². The van der Waals surface area contributed by atoms with E-state index in [1.165, 1.54) is 0 Å². The summed E-state index contributed by atoms with van der Waals surface area (Å²) in [6.45, 7) is 0. The molecule has 1 aliphatic rings. The molecule has 0 unspecified atom stereocenters. The van der Waals surface area contributed by atoms with Crippen molar-refractivity contribution in [2.24, 2.45) is 4.99 Å². The molecule has 0 fully saturated rings. The van der Waals surface area contributed by atoms with Gasteiger partial charge >= 0.3 is 0 Å². The van der Waals surface area contributed by atoms with E-state index in [0.29, 0.717) is 12.8 Å². The van der Waals surface area contributed by atoms with Crippen LogP contribution in [0, 0.1) is 0 Å². The van der Waals surface area contributed by atoms with E-state index in [9.17, 15) is 0 Å². The van der Waals surface area contributed by atoms with Gasteiger partial charge in [0, 0.05) is 6.42 Å². The van der Waals surface area contributed by atoms with E-state index in [-0.39, 0.29) is 11.8 Å². The molecular weight excluding hydrogens is 106 g/mol. The molecule has 0 radical (unpaired) electrons. The van der Waals surface area contributed by atoms with Crippen LogP contribution in [0.15, 0.2) is 17.0 Å². The van der Waals surface area contributed by atoms with Gasteiger partial charge in [0.2, 0.25) is 5.88 Å². The van der Waals surface area contributed by atoms with Gasteiger partial charge in [-0.3, -0.25) is 0 Å². The molecule has 0 aromatic heterocycles. The number of allylic oxidation sites excluding steroid dienone is 1. The zero-order chi connectivity index (χ0) is 5.98. The molecular formula is C5H7NO2. The van der Waals surface area contributed by atoms with E-state index < -0.39 is 0 Å². The van der Waals surface area contributed by atoms with Gasteiger partial charge in [0.15, 0.2) is 5.90 Å². The molecule has 0 aromatic rings. The first-order valence-electron chi connectivity index (χ1n) is 2.44. The van der Waals surface area contributed by atoms with E-state index >= 15 is 0 Å².